The second kappa shape index (κ2) is 6.27. The molecule has 0 fully saturated rings. The van der Waals surface area contributed by atoms with Gasteiger partial charge in [0.2, 0.25) is 5.91 Å². The third-order valence-corrected chi connectivity index (χ3v) is 3.69. The number of anilines is 1. The number of hydrogen-bond acceptors (Lipinski definition) is 5. The molecule has 0 spiro atoms. The zero-order valence-corrected chi connectivity index (χ0v) is 13.9. The summed E-state index contributed by atoms with van der Waals surface area (Å²) in [7, 11) is 0. The SMILES string of the molecule is CCNC(=O)C(C)(C)Nc1ccnc(-c2c[nH]c3ncccc23)n1.[HH].[HH]. The lowest BCUT2D eigenvalue weighted by Crippen LogP contribution is -2.48. The summed E-state index contributed by atoms with van der Waals surface area (Å²) in [4.78, 5) is 28.4. The fourth-order valence-corrected chi connectivity index (χ4v) is 2.46. The van der Waals surface area contributed by atoms with Crippen molar-refractivity contribution in [3.05, 3.63) is 36.8 Å². The van der Waals surface area contributed by atoms with E-state index >= 15 is 0 Å². The fourth-order valence-electron chi connectivity index (χ4n) is 2.46. The predicted molar refractivity (Wildman–Crippen MR) is 97.7 cm³/mol. The summed E-state index contributed by atoms with van der Waals surface area (Å²) in [5.41, 5.74) is 0.887. The number of H-pyrrole nitrogens is 1. The predicted octanol–water partition coefficient (Wildman–Crippen LogP) is 2.84. The zero-order chi connectivity index (χ0) is 17.2. The molecule has 3 rings (SSSR count). The summed E-state index contributed by atoms with van der Waals surface area (Å²) in [6, 6.07) is 5.59. The van der Waals surface area contributed by atoms with Crippen molar-refractivity contribution in [1.29, 1.82) is 0 Å². The van der Waals surface area contributed by atoms with Gasteiger partial charge in [-0.3, -0.25) is 4.79 Å². The molecule has 3 N–H and O–H groups in total. The van der Waals surface area contributed by atoms with E-state index in [1.807, 2.05) is 39.1 Å². The Morgan fingerprint density at radius 3 is 2.92 bits per heavy atom. The van der Waals surface area contributed by atoms with Gasteiger partial charge in [-0.05, 0) is 39.0 Å². The average molecular weight is 328 g/mol. The molecule has 0 bridgehead atoms. The minimum absolute atomic E-state index is 0. The van der Waals surface area contributed by atoms with E-state index in [0.717, 1.165) is 16.6 Å². The Morgan fingerprint density at radius 1 is 1.29 bits per heavy atom. The summed E-state index contributed by atoms with van der Waals surface area (Å²) in [5, 5.41) is 6.93. The first-order valence-corrected chi connectivity index (χ1v) is 7.83. The van der Waals surface area contributed by atoms with Crippen LogP contribution in [-0.2, 0) is 4.79 Å². The molecule has 0 saturated carbocycles. The van der Waals surface area contributed by atoms with Crippen LogP contribution in [0.1, 0.15) is 23.6 Å². The van der Waals surface area contributed by atoms with Crippen molar-refractivity contribution < 1.29 is 7.65 Å². The molecule has 128 valence electrons. The summed E-state index contributed by atoms with van der Waals surface area (Å²) >= 11 is 0. The first kappa shape index (κ1) is 15.9. The van der Waals surface area contributed by atoms with E-state index in [1.165, 1.54) is 0 Å². The van der Waals surface area contributed by atoms with E-state index in [9.17, 15) is 4.79 Å². The van der Waals surface area contributed by atoms with Crippen molar-refractivity contribution in [3.63, 3.8) is 0 Å². The molecule has 0 aliphatic carbocycles. The van der Waals surface area contributed by atoms with Crippen LogP contribution in [-0.4, -0.2) is 37.9 Å². The Balaban J connectivity index is 0.00000169. The van der Waals surface area contributed by atoms with Crippen molar-refractivity contribution in [3.8, 4) is 11.4 Å². The molecule has 0 aliphatic rings. The maximum atomic E-state index is 12.1. The van der Waals surface area contributed by atoms with Gasteiger partial charge >= 0.3 is 0 Å². The number of aromatic amines is 1. The fraction of sp³-hybridized carbons (Fsp3) is 0.294. The van der Waals surface area contributed by atoms with Crippen molar-refractivity contribution in [2.45, 2.75) is 26.3 Å². The molecule has 0 unspecified atom stereocenters. The van der Waals surface area contributed by atoms with Crippen LogP contribution in [0.4, 0.5) is 5.82 Å². The number of carbonyl (C=O) groups is 1. The smallest absolute Gasteiger partial charge is 0.245 e. The van der Waals surface area contributed by atoms with Gasteiger partial charge in [-0.1, -0.05) is 0 Å². The highest BCUT2D eigenvalue weighted by atomic mass is 16.2. The molecule has 3 heterocycles. The van der Waals surface area contributed by atoms with Gasteiger partial charge in [0.25, 0.3) is 0 Å². The zero-order valence-electron chi connectivity index (χ0n) is 13.9. The van der Waals surface area contributed by atoms with Gasteiger partial charge in [-0.15, -0.1) is 0 Å². The highest BCUT2D eigenvalue weighted by molar-refractivity contribution is 5.92. The number of nitrogens with zero attached hydrogens (tertiary/aromatic N) is 3. The minimum Gasteiger partial charge on any atom is -0.356 e. The quantitative estimate of drug-likeness (QED) is 0.669. The number of fused-ring (bicyclic) bond motifs is 1. The first-order chi connectivity index (χ1) is 11.5. The van der Waals surface area contributed by atoms with E-state index in [4.69, 9.17) is 0 Å². The van der Waals surface area contributed by atoms with E-state index in [0.29, 0.717) is 18.2 Å². The lowest BCUT2D eigenvalue weighted by atomic mass is 10.0. The molecule has 24 heavy (non-hydrogen) atoms. The summed E-state index contributed by atoms with van der Waals surface area (Å²) in [6.45, 7) is 6.11. The topological polar surface area (TPSA) is 95.6 Å². The molecule has 7 heteroatoms. The monoisotopic (exact) mass is 328 g/mol. The van der Waals surface area contributed by atoms with E-state index < -0.39 is 5.54 Å². The third-order valence-electron chi connectivity index (χ3n) is 3.69. The lowest BCUT2D eigenvalue weighted by Gasteiger charge is -2.25. The Hall–Kier alpha value is -2.96. The van der Waals surface area contributed by atoms with Crippen LogP contribution in [0.3, 0.4) is 0 Å². The molecular formula is C17H24N6O. The van der Waals surface area contributed by atoms with Gasteiger partial charge in [0.05, 0.1) is 0 Å². The highest BCUT2D eigenvalue weighted by Crippen LogP contribution is 2.25. The lowest BCUT2D eigenvalue weighted by molar-refractivity contribution is -0.124. The van der Waals surface area contributed by atoms with Crippen LogP contribution >= 0.6 is 0 Å². The van der Waals surface area contributed by atoms with E-state index in [1.54, 1.807) is 18.5 Å². The second-order valence-corrected chi connectivity index (χ2v) is 5.98. The van der Waals surface area contributed by atoms with E-state index in [-0.39, 0.29) is 8.76 Å². The number of amides is 1. The van der Waals surface area contributed by atoms with Crippen LogP contribution in [0.5, 0.6) is 0 Å². The molecule has 7 nitrogen and oxygen atoms in total. The Bertz CT molecular complexity index is 880. The molecular weight excluding hydrogens is 304 g/mol. The summed E-state index contributed by atoms with van der Waals surface area (Å²) in [5.74, 6) is 1.09. The molecule has 0 aliphatic heterocycles. The number of rotatable bonds is 5. The van der Waals surface area contributed by atoms with Gasteiger partial charge in [-0.2, -0.15) is 0 Å². The first-order valence-electron chi connectivity index (χ1n) is 7.83. The normalized spacial score (nSPS) is 11.5. The minimum atomic E-state index is -0.774. The summed E-state index contributed by atoms with van der Waals surface area (Å²) < 4.78 is 0. The number of likely N-dealkylation sites (N-methyl/N-ethyl adjacent to an activating group) is 1. The molecule has 1 amide bonds. The summed E-state index contributed by atoms with van der Waals surface area (Å²) in [6.07, 6.45) is 5.25. The molecule has 3 aromatic heterocycles. The third kappa shape index (κ3) is 3.05. The highest BCUT2D eigenvalue weighted by Gasteiger charge is 2.27. The van der Waals surface area contributed by atoms with Gasteiger partial charge in [-0.25, -0.2) is 15.0 Å². The van der Waals surface area contributed by atoms with Gasteiger partial charge in [0, 0.05) is 38.9 Å². The van der Waals surface area contributed by atoms with Crippen LogP contribution < -0.4 is 10.6 Å². The van der Waals surface area contributed by atoms with Crippen molar-refractivity contribution in [2.75, 3.05) is 11.9 Å². The molecule has 0 saturated heterocycles. The number of nitrogens with one attached hydrogen (secondary N) is 3. The van der Waals surface area contributed by atoms with Gasteiger partial charge in [0.1, 0.15) is 17.0 Å². The van der Waals surface area contributed by atoms with Crippen LogP contribution in [0.25, 0.3) is 22.4 Å². The standard InChI is InChI=1S/C17H20N6O.2H2/c1-4-18-16(24)17(2,3)23-13-7-9-20-15(22-13)12-10-21-14-11(12)6-5-8-19-14;;/h5-10H,4H2,1-3H3,(H,18,24)(H,19,21)(H,20,22,23);2*1H. The molecule has 0 aromatic carbocycles. The molecule has 3 aromatic rings. The average Bonchev–Trinajstić information content (AvgIpc) is 2.99. The Morgan fingerprint density at radius 2 is 2.12 bits per heavy atom. The van der Waals surface area contributed by atoms with Crippen molar-refractivity contribution in [1.82, 2.24) is 25.3 Å². The largest absolute Gasteiger partial charge is 0.356 e. The second-order valence-electron chi connectivity index (χ2n) is 5.98. The Kier molecular flexibility index (Phi) is 4.16. The van der Waals surface area contributed by atoms with Crippen LogP contribution in [0.2, 0.25) is 0 Å². The maximum absolute atomic E-state index is 12.1. The van der Waals surface area contributed by atoms with Crippen molar-refractivity contribution in [2.24, 2.45) is 0 Å². The molecule has 0 radical (unpaired) electrons. The molecule has 0 atom stereocenters. The van der Waals surface area contributed by atoms with Gasteiger partial charge < -0.3 is 15.6 Å². The van der Waals surface area contributed by atoms with E-state index in [2.05, 4.69) is 30.6 Å². The van der Waals surface area contributed by atoms with Crippen LogP contribution in [0.15, 0.2) is 36.8 Å². The van der Waals surface area contributed by atoms with Gasteiger partial charge in [0.15, 0.2) is 5.82 Å². The van der Waals surface area contributed by atoms with Crippen LogP contribution in [0, 0.1) is 0 Å². The van der Waals surface area contributed by atoms with Crippen molar-refractivity contribution >= 4 is 22.8 Å². The Labute approximate surface area is 142 Å². The number of hydrogen-bond donors (Lipinski definition) is 3. The maximum Gasteiger partial charge on any atom is 0.245 e. The number of aromatic nitrogens is 4. The number of pyridine rings is 1. The number of carbonyl (C=O) groups excluding carboxylic acids is 1.